The maximum absolute atomic E-state index is 5.85. The van der Waals surface area contributed by atoms with E-state index in [2.05, 4.69) is 77.8 Å². The smallest absolute Gasteiger partial charge is 0.241 e. The molecule has 0 saturated heterocycles. The second-order valence-corrected chi connectivity index (χ2v) is 6.51. The fourth-order valence-electron chi connectivity index (χ4n) is 3.37. The molecule has 0 spiro atoms. The SMILES string of the molecule is Cc1ccc([C@H]2C[C@@H](c3cccc(C)c3)n3nc(N)nc3N2)cc1. The number of aryl methyl sites for hydroxylation is 2. The topological polar surface area (TPSA) is 68.8 Å². The molecule has 1 aliphatic heterocycles. The predicted molar refractivity (Wildman–Crippen MR) is 95.9 cm³/mol. The molecule has 3 aromatic rings. The van der Waals surface area contributed by atoms with Crippen molar-refractivity contribution in [3.8, 4) is 0 Å². The van der Waals surface area contributed by atoms with Crippen LogP contribution in [0, 0.1) is 13.8 Å². The largest absolute Gasteiger partial charge is 0.366 e. The standard InChI is InChI=1S/C19H21N5/c1-12-6-8-14(9-7-12)16-11-17(15-5-3-4-13(2)10-15)24-19(21-16)22-18(20)23-24/h3-10,16-17H,11H2,1-2H3,(H3,20,21,22,23)/t16-,17+/m1/s1. The Kier molecular flexibility index (Phi) is 3.49. The number of nitrogens with zero attached hydrogens (tertiary/aromatic N) is 3. The van der Waals surface area contributed by atoms with Crippen LogP contribution in [0.25, 0.3) is 0 Å². The summed E-state index contributed by atoms with van der Waals surface area (Å²) in [5.74, 6) is 1.04. The van der Waals surface area contributed by atoms with Crippen molar-refractivity contribution < 1.29 is 0 Å². The molecule has 0 saturated carbocycles. The number of nitrogen functional groups attached to an aromatic ring is 1. The average molecular weight is 319 g/mol. The van der Waals surface area contributed by atoms with Gasteiger partial charge in [0.05, 0.1) is 12.1 Å². The van der Waals surface area contributed by atoms with Gasteiger partial charge in [0, 0.05) is 0 Å². The molecule has 2 atom stereocenters. The molecule has 122 valence electrons. The number of nitrogens with two attached hydrogens (primary N) is 1. The maximum Gasteiger partial charge on any atom is 0.241 e. The minimum atomic E-state index is 0.122. The van der Waals surface area contributed by atoms with Gasteiger partial charge in [0.2, 0.25) is 11.9 Å². The number of benzene rings is 2. The summed E-state index contributed by atoms with van der Waals surface area (Å²) in [6.45, 7) is 4.21. The molecule has 1 aliphatic rings. The van der Waals surface area contributed by atoms with E-state index in [4.69, 9.17) is 5.73 Å². The molecule has 0 amide bonds. The van der Waals surface area contributed by atoms with Crippen LogP contribution < -0.4 is 11.1 Å². The van der Waals surface area contributed by atoms with Gasteiger partial charge in [-0.2, -0.15) is 4.98 Å². The van der Waals surface area contributed by atoms with E-state index < -0.39 is 0 Å². The third-order valence-corrected chi connectivity index (χ3v) is 4.61. The van der Waals surface area contributed by atoms with Gasteiger partial charge in [-0.25, -0.2) is 4.68 Å². The first kappa shape index (κ1) is 14.8. The van der Waals surface area contributed by atoms with Crippen LogP contribution in [0.3, 0.4) is 0 Å². The number of nitrogens with one attached hydrogen (secondary N) is 1. The van der Waals surface area contributed by atoms with Gasteiger partial charge in [-0.05, 0) is 31.4 Å². The van der Waals surface area contributed by atoms with Gasteiger partial charge in [0.25, 0.3) is 0 Å². The van der Waals surface area contributed by atoms with E-state index in [9.17, 15) is 0 Å². The van der Waals surface area contributed by atoms with Crippen LogP contribution in [-0.4, -0.2) is 14.8 Å². The molecule has 1 aromatic heterocycles. The Balaban J connectivity index is 1.76. The van der Waals surface area contributed by atoms with Crippen molar-refractivity contribution >= 4 is 11.9 Å². The third kappa shape index (κ3) is 2.62. The van der Waals surface area contributed by atoms with Crippen LogP contribution in [0.2, 0.25) is 0 Å². The summed E-state index contributed by atoms with van der Waals surface area (Å²) in [4.78, 5) is 4.36. The first-order valence-electron chi connectivity index (χ1n) is 8.22. The molecule has 5 heteroatoms. The lowest BCUT2D eigenvalue weighted by atomic mass is 9.92. The molecule has 24 heavy (non-hydrogen) atoms. The molecule has 0 bridgehead atoms. The molecule has 2 heterocycles. The highest BCUT2D eigenvalue weighted by Crippen LogP contribution is 2.38. The first-order chi connectivity index (χ1) is 11.6. The van der Waals surface area contributed by atoms with E-state index in [1.165, 1.54) is 22.3 Å². The number of aromatic nitrogens is 3. The second-order valence-electron chi connectivity index (χ2n) is 6.51. The zero-order valence-electron chi connectivity index (χ0n) is 13.9. The highest BCUT2D eigenvalue weighted by atomic mass is 15.4. The number of anilines is 2. The molecule has 5 nitrogen and oxygen atoms in total. The predicted octanol–water partition coefficient (Wildman–Crippen LogP) is 3.62. The van der Waals surface area contributed by atoms with E-state index in [1.807, 2.05) is 4.68 Å². The Labute approximate surface area is 141 Å². The summed E-state index contributed by atoms with van der Waals surface area (Å²) in [5.41, 5.74) is 10.8. The highest BCUT2D eigenvalue weighted by molar-refractivity contribution is 5.42. The summed E-state index contributed by atoms with van der Waals surface area (Å²) >= 11 is 0. The lowest BCUT2D eigenvalue weighted by molar-refractivity contribution is 0.431. The van der Waals surface area contributed by atoms with Gasteiger partial charge in [0.15, 0.2) is 0 Å². The van der Waals surface area contributed by atoms with Gasteiger partial charge in [-0.1, -0.05) is 59.7 Å². The number of rotatable bonds is 2. The first-order valence-corrected chi connectivity index (χ1v) is 8.22. The second kappa shape index (κ2) is 5.67. The summed E-state index contributed by atoms with van der Waals surface area (Å²) in [6.07, 6.45) is 0.905. The van der Waals surface area contributed by atoms with Gasteiger partial charge in [-0.15, -0.1) is 5.10 Å². The van der Waals surface area contributed by atoms with E-state index in [-0.39, 0.29) is 12.1 Å². The van der Waals surface area contributed by atoms with Crippen LogP contribution in [0.1, 0.15) is 40.8 Å². The van der Waals surface area contributed by atoms with Gasteiger partial charge in [-0.3, -0.25) is 0 Å². The van der Waals surface area contributed by atoms with E-state index >= 15 is 0 Å². The Morgan fingerprint density at radius 3 is 2.58 bits per heavy atom. The van der Waals surface area contributed by atoms with Gasteiger partial charge in [0.1, 0.15) is 0 Å². The minimum Gasteiger partial charge on any atom is -0.366 e. The van der Waals surface area contributed by atoms with Crippen LogP contribution in [0.15, 0.2) is 48.5 Å². The van der Waals surface area contributed by atoms with Gasteiger partial charge < -0.3 is 11.1 Å². The van der Waals surface area contributed by atoms with Crippen molar-refractivity contribution in [2.75, 3.05) is 11.1 Å². The van der Waals surface area contributed by atoms with Crippen molar-refractivity contribution in [1.82, 2.24) is 14.8 Å². The van der Waals surface area contributed by atoms with Crippen LogP contribution in [0.4, 0.5) is 11.9 Å². The minimum absolute atomic E-state index is 0.122. The van der Waals surface area contributed by atoms with E-state index in [0.29, 0.717) is 5.95 Å². The van der Waals surface area contributed by atoms with Crippen molar-refractivity contribution in [2.45, 2.75) is 32.4 Å². The van der Waals surface area contributed by atoms with Crippen molar-refractivity contribution in [3.63, 3.8) is 0 Å². The van der Waals surface area contributed by atoms with Crippen LogP contribution >= 0.6 is 0 Å². The highest BCUT2D eigenvalue weighted by Gasteiger charge is 2.30. The average Bonchev–Trinajstić information content (AvgIpc) is 2.94. The fraction of sp³-hybridized carbons (Fsp3) is 0.263. The normalized spacial score (nSPS) is 19.6. The molecule has 3 N–H and O–H groups in total. The zero-order chi connectivity index (χ0) is 16.7. The lowest BCUT2D eigenvalue weighted by Crippen LogP contribution is -2.28. The fourth-order valence-corrected chi connectivity index (χ4v) is 3.37. The quantitative estimate of drug-likeness (QED) is 0.757. The molecular weight excluding hydrogens is 298 g/mol. The number of hydrogen-bond donors (Lipinski definition) is 2. The Bertz CT molecular complexity index is 866. The van der Waals surface area contributed by atoms with Gasteiger partial charge >= 0.3 is 0 Å². The van der Waals surface area contributed by atoms with E-state index in [1.54, 1.807) is 0 Å². The number of fused-ring (bicyclic) bond motifs is 1. The van der Waals surface area contributed by atoms with Crippen molar-refractivity contribution in [1.29, 1.82) is 0 Å². The summed E-state index contributed by atoms with van der Waals surface area (Å²) in [6, 6.07) is 17.5. The molecule has 0 unspecified atom stereocenters. The Morgan fingerprint density at radius 1 is 1.04 bits per heavy atom. The van der Waals surface area contributed by atoms with Crippen molar-refractivity contribution in [2.24, 2.45) is 0 Å². The summed E-state index contributed by atoms with van der Waals surface area (Å²) < 4.78 is 1.91. The molecular formula is C19H21N5. The molecule has 0 fully saturated rings. The maximum atomic E-state index is 5.85. The van der Waals surface area contributed by atoms with Crippen LogP contribution in [-0.2, 0) is 0 Å². The van der Waals surface area contributed by atoms with Crippen LogP contribution in [0.5, 0.6) is 0 Å². The number of hydrogen-bond acceptors (Lipinski definition) is 4. The summed E-state index contributed by atoms with van der Waals surface area (Å²) in [5, 5.41) is 7.88. The van der Waals surface area contributed by atoms with E-state index in [0.717, 1.165) is 12.4 Å². The zero-order valence-corrected chi connectivity index (χ0v) is 13.9. The molecule has 0 aliphatic carbocycles. The molecule has 0 radical (unpaired) electrons. The molecule has 2 aromatic carbocycles. The third-order valence-electron chi connectivity index (χ3n) is 4.61. The Morgan fingerprint density at radius 2 is 1.83 bits per heavy atom. The monoisotopic (exact) mass is 319 g/mol. The lowest BCUT2D eigenvalue weighted by Gasteiger charge is -2.32. The summed E-state index contributed by atoms with van der Waals surface area (Å²) in [7, 11) is 0. The van der Waals surface area contributed by atoms with Crippen molar-refractivity contribution in [3.05, 3.63) is 70.8 Å². The molecule has 4 rings (SSSR count). The Hall–Kier alpha value is -2.82.